The lowest BCUT2D eigenvalue weighted by Crippen LogP contribution is -2.27. The fourth-order valence-corrected chi connectivity index (χ4v) is 2.95. The number of hydrogen-bond donors (Lipinski definition) is 1. The van der Waals surface area contributed by atoms with Gasteiger partial charge in [-0.1, -0.05) is 19.1 Å². The molecule has 4 heteroatoms. The molecule has 1 aliphatic heterocycles. The van der Waals surface area contributed by atoms with Crippen LogP contribution in [0.2, 0.25) is 0 Å². The standard InChI is InChI=1S/C16H21N3O/c1-16(6-7-17-11-16)15-9-18-12-19(15)14-5-3-4-13(8-14)10-20-2/h3-5,8-9,12,17H,6-7,10-11H2,1-2H3. The molecule has 1 N–H and O–H groups in total. The summed E-state index contributed by atoms with van der Waals surface area (Å²) in [5.41, 5.74) is 3.77. The highest BCUT2D eigenvalue weighted by Gasteiger charge is 2.33. The Bertz CT molecular complexity index is 585. The number of imidazole rings is 1. The molecule has 3 rings (SSSR count). The zero-order chi connectivity index (χ0) is 14.0. The molecule has 1 fully saturated rings. The smallest absolute Gasteiger partial charge is 0.0994 e. The van der Waals surface area contributed by atoms with E-state index in [2.05, 4.69) is 46.1 Å². The van der Waals surface area contributed by atoms with Crippen molar-refractivity contribution < 1.29 is 4.74 Å². The molecule has 0 saturated carbocycles. The zero-order valence-corrected chi connectivity index (χ0v) is 12.1. The van der Waals surface area contributed by atoms with Crippen molar-refractivity contribution in [3.8, 4) is 5.69 Å². The molecule has 1 aromatic carbocycles. The maximum Gasteiger partial charge on any atom is 0.0994 e. The van der Waals surface area contributed by atoms with Gasteiger partial charge in [-0.15, -0.1) is 0 Å². The fraction of sp³-hybridized carbons (Fsp3) is 0.438. The number of nitrogens with zero attached hydrogens (tertiary/aromatic N) is 2. The SMILES string of the molecule is COCc1cccc(-n2cncc2C2(C)CCNC2)c1. The Balaban J connectivity index is 1.99. The minimum atomic E-state index is 0.160. The maximum atomic E-state index is 5.22. The highest BCUT2D eigenvalue weighted by molar-refractivity contribution is 5.39. The van der Waals surface area contributed by atoms with Gasteiger partial charge in [0.1, 0.15) is 0 Å². The second-order valence-electron chi connectivity index (χ2n) is 5.74. The van der Waals surface area contributed by atoms with Crippen LogP contribution in [0, 0.1) is 0 Å². The molecule has 106 valence electrons. The molecule has 1 aliphatic rings. The first-order chi connectivity index (χ1) is 9.73. The van der Waals surface area contributed by atoms with Gasteiger partial charge >= 0.3 is 0 Å². The van der Waals surface area contributed by atoms with E-state index in [0.717, 1.165) is 25.2 Å². The number of hydrogen-bond acceptors (Lipinski definition) is 3. The highest BCUT2D eigenvalue weighted by atomic mass is 16.5. The van der Waals surface area contributed by atoms with Crippen molar-refractivity contribution in [2.24, 2.45) is 0 Å². The highest BCUT2D eigenvalue weighted by Crippen LogP contribution is 2.31. The van der Waals surface area contributed by atoms with Gasteiger partial charge in [0.05, 0.1) is 12.9 Å². The summed E-state index contributed by atoms with van der Waals surface area (Å²) in [5, 5.41) is 3.45. The summed E-state index contributed by atoms with van der Waals surface area (Å²) in [7, 11) is 1.72. The number of aromatic nitrogens is 2. The van der Waals surface area contributed by atoms with Gasteiger partial charge < -0.3 is 14.6 Å². The molecule has 1 aromatic heterocycles. The number of nitrogens with one attached hydrogen (secondary N) is 1. The van der Waals surface area contributed by atoms with Crippen LogP contribution in [0.3, 0.4) is 0 Å². The lowest BCUT2D eigenvalue weighted by Gasteiger charge is -2.24. The third-order valence-corrected chi connectivity index (χ3v) is 4.13. The van der Waals surface area contributed by atoms with Gasteiger partial charge in [0.2, 0.25) is 0 Å². The molecule has 0 bridgehead atoms. The van der Waals surface area contributed by atoms with E-state index in [-0.39, 0.29) is 5.41 Å². The summed E-state index contributed by atoms with van der Waals surface area (Å²) in [4.78, 5) is 4.37. The lowest BCUT2D eigenvalue weighted by atomic mass is 9.86. The second-order valence-corrected chi connectivity index (χ2v) is 5.74. The van der Waals surface area contributed by atoms with Crippen LogP contribution < -0.4 is 5.32 Å². The average molecular weight is 271 g/mol. The zero-order valence-electron chi connectivity index (χ0n) is 12.1. The lowest BCUT2D eigenvalue weighted by molar-refractivity contribution is 0.185. The van der Waals surface area contributed by atoms with Crippen molar-refractivity contribution in [2.75, 3.05) is 20.2 Å². The van der Waals surface area contributed by atoms with Crippen LogP contribution in [0.25, 0.3) is 5.69 Å². The molecule has 2 heterocycles. The summed E-state index contributed by atoms with van der Waals surface area (Å²) >= 11 is 0. The third kappa shape index (κ3) is 2.37. The third-order valence-electron chi connectivity index (χ3n) is 4.13. The van der Waals surface area contributed by atoms with Crippen LogP contribution in [0.1, 0.15) is 24.6 Å². The molecular weight excluding hydrogens is 250 g/mol. The van der Waals surface area contributed by atoms with Gasteiger partial charge in [-0.2, -0.15) is 0 Å². The van der Waals surface area contributed by atoms with E-state index < -0.39 is 0 Å². The van der Waals surface area contributed by atoms with E-state index in [1.165, 1.54) is 11.3 Å². The van der Waals surface area contributed by atoms with Gasteiger partial charge in [-0.25, -0.2) is 4.98 Å². The molecule has 2 aromatic rings. The molecule has 0 aliphatic carbocycles. The maximum absolute atomic E-state index is 5.22. The largest absolute Gasteiger partial charge is 0.380 e. The van der Waals surface area contributed by atoms with Gasteiger partial charge in [0, 0.05) is 36.6 Å². The Morgan fingerprint density at radius 3 is 3.10 bits per heavy atom. The Hall–Kier alpha value is -1.65. The Labute approximate surface area is 119 Å². The molecule has 1 unspecified atom stereocenters. The van der Waals surface area contributed by atoms with Crippen LogP contribution in [0.4, 0.5) is 0 Å². The Kier molecular flexibility index (Phi) is 3.59. The molecule has 4 nitrogen and oxygen atoms in total. The molecular formula is C16H21N3O. The Morgan fingerprint density at radius 2 is 2.35 bits per heavy atom. The summed E-state index contributed by atoms with van der Waals surface area (Å²) in [5.74, 6) is 0. The van der Waals surface area contributed by atoms with Crippen molar-refractivity contribution >= 4 is 0 Å². The summed E-state index contributed by atoms with van der Waals surface area (Å²) < 4.78 is 7.42. The number of methoxy groups -OCH3 is 1. The monoisotopic (exact) mass is 271 g/mol. The van der Waals surface area contributed by atoms with E-state index in [9.17, 15) is 0 Å². The first kappa shape index (κ1) is 13.3. The molecule has 20 heavy (non-hydrogen) atoms. The summed E-state index contributed by atoms with van der Waals surface area (Å²) in [6, 6.07) is 8.45. The number of ether oxygens (including phenoxy) is 1. The summed E-state index contributed by atoms with van der Waals surface area (Å²) in [6.45, 7) is 5.03. The van der Waals surface area contributed by atoms with Crippen molar-refractivity contribution in [2.45, 2.75) is 25.4 Å². The van der Waals surface area contributed by atoms with Crippen molar-refractivity contribution in [3.63, 3.8) is 0 Å². The molecule has 0 radical (unpaired) electrons. The van der Waals surface area contributed by atoms with Crippen LogP contribution in [0.5, 0.6) is 0 Å². The van der Waals surface area contributed by atoms with Gasteiger partial charge in [-0.05, 0) is 30.7 Å². The van der Waals surface area contributed by atoms with Crippen molar-refractivity contribution in [3.05, 3.63) is 48.0 Å². The van der Waals surface area contributed by atoms with E-state index in [0.29, 0.717) is 6.61 Å². The first-order valence-electron chi connectivity index (χ1n) is 7.05. The van der Waals surface area contributed by atoms with E-state index in [1.54, 1.807) is 7.11 Å². The number of rotatable bonds is 4. The molecule has 1 saturated heterocycles. The molecule has 0 amide bonds. The predicted molar refractivity (Wildman–Crippen MR) is 79.1 cm³/mol. The topological polar surface area (TPSA) is 39.1 Å². The number of benzene rings is 1. The van der Waals surface area contributed by atoms with E-state index in [1.807, 2.05) is 12.5 Å². The Morgan fingerprint density at radius 1 is 1.45 bits per heavy atom. The normalized spacial score (nSPS) is 22.3. The average Bonchev–Trinajstić information content (AvgIpc) is 3.09. The van der Waals surface area contributed by atoms with Crippen molar-refractivity contribution in [1.82, 2.24) is 14.9 Å². The second kappa shape index (κ2) is 5.38. The van der Waals surface area contributed by atoms with Crippen molar-refractivity contribution in [1.29, 1.82) is 0 Å². The molecule has 0 spiro atoms. The minimum Gasteiger partial charge on any atom is -0.380 e. The van der Waals surface area contributed by atoms with Gasteiger partial charge in [0.15, 0.2) is 0 Å². The van der Waals surface area contributed by atoms with Crippen LogP contribution in [0.15, 0.2) is 36.8 Å². The molecule has 1 atom stereocenters. The van der Waals surface area contributed by atoms with Crippen LogP contribution >= 0.6 is 0 Å². The quantitative estimate of drug-likeness (QED) is 0.927. The van der Waals surface area contributed by atoms with Crippen LogP contribution in [-0.4, -0.2) is 29.8 Å². The van der Waals surface area contributed by atoms with E-state index >= 15 is 0 Å². The van der Waals surface area contributed by atoms with Crippen LogP contribution in [-0.2, 0) is 16.8 Å². The first-order valence-corrected chi connectivity index (χ1v) is 7.05. The fourth-order valence-electron chi connectivity index (χ4n) is 2.95. The van der Waals surface area contributed by atoms with E-state index in [4.69, 9.17) is 4.74 Å². The predicted octanol–water partition coefficient (Wildman–Crippen LogP) is 2.27. The summed E-state index contributed by atoms with van der Waals surface area (Å²) in [6.07, 6.45) is 5.05. The van der Waals surface area contributed by atoms with Gasteiger partial charge in [-0.3, -0.25) is 0 Å². The van der Waals surface area contributed by atoms with Gasteiger partial charge in [0.25, 0.3) is 0 Å². The minimum absolute atomic E-state index is 0.160.